The maximum Gasteiger partial charge on any atom is 0.220 e. The van der Waals surface area contributed by atoms with Crippen molar-refractivity contribution in [1.29, 1.82) is 0 Å². The molecule has 0 bridgehead atoms. The summed E-state index contributed by atoms with van der Waals surface area (Å²) in [4.78, 5) is 0. The first-order chi connectivity index (χ1) is 13.6. The smallest absolute Gasteiger partial charge is 0.198 e. The van der Waals surface area contributed by atoms with Gasteiger partial charge in [0.25, 0.3) is 0 Å². The van der Waals surface area contributed by atoms with E-state index in [4.69, 9.17) is 0 Å². The number of nitrogens with zero attached hydrogens (tertiary/aromatic N) is 1. The van der Waals surface area contributed by atoms with Crippen LogP contribution >= 0.6 is 0 Å². The van der Waals surface area contributed by atoms with Crippen LogP contribution < -0.4 is 4.57 Å². The number of aryl methyl sites for hydroxylation is 4. The second-order valence-corrected chi connectivity index (χ2v) is 9.16. The van der Waals surface area contributed by atoms with E-state index in [1.165, 1.54) is 84.7 Å². The van der Waals surface area contributed by atoms with Crippen LogP contribution in [-0.2, 0) is 19.9 Å². The van der Waals surface area contributed by atoms with Crippen LogP contribution in [0.25, 0.3) is 22.0 Å². The Morgan fingerprint density at radius 1 is 0.821 bits per heavy atom. The number of hydrogen-bond acceptors (Lipinski definition) is 0. The van der Waals surface area contributed by atoms with Gasteiger partial charge in [-0.1, -0.05) is 37.5 Å². The maximum absolute atomic E-state index is 2.49. The topological polar surface area (TPSA) is 3.88 Å². The third kappa shape index (κ3) is 2.96. The molecule has 1 fully saturated rings. The van der Waals surface area contributed by atoms with Crippen LogP contribution in [0.4, 0.5) is 0 Å². The Morgan fingerprint density at radius 2 is 1.57 bits per heavy atom. The number of benzene rings is 2. The van der Waals surface area contributed by atoms with Crippen molar-refractivity contribution in [3.63, 3.8) is 0 Å². The van der Waals surface area contributed by atoms with E-state index in [9.17, 15) is 0 Å². The van der Waals surface area contributed by atoms with Gasteiger partial charge in [-0.2, -0.15) is 4.57 Å². The van der Waals surface area contributed by atoms with E-state index < -0.39 is 0 Å². The molecule has 1 heteroatoms. The largest absolute Gasteiger partial charge is 0.220 e. The summed E-state index contributed by atoms with van der Waals surface area (Å²) in [6, 6.07) is 14.6. The standard InChI is InChI=1S/C27H32N/c1-18-14-21-10-7-11-22(21)17-26(18)27-25-13-12-23(20-8-5-4-6-9-20)16-24(25)15-19(2)28(27)3/h12-17,20H,4-11H2,1-3H3/q+1. The van der Waals surface area contributed by atoms with Crippen molar-refractivity contribution in [3.05, 3.63) is 64.3 Å². The molecule has 2 aliphatic rings. The average molecular weight is 371 g/mol. The molecule has 1 saturated carbocycles. The molecule has 3 aromatic rings. The monoisotopic (exact) mass is 370 g/mol. The first-order valence-electron chi connectivity index (χ1n) is 11.2. The fourth-order valence-corrected chi connectivity index (χ4v) is 5.61. The van der Waals surface area contributed by atoms with Gasteiger partial charge in [0.1, 0.15) is 7.05 Å². The Morgan fingerprint density at radius 3 is 2.36 bits per heavy atom. The van der Waals surface area contributed by atoms with Crippen LogP contribution in [-0.4, -0.2) is 0 Å². The summed E-state index contributed by atoms with van der Waals surface area (Å²) in [5.74, 6) is 0.762. The van der Waals surface area contributed by atoms with E-state index in [2.05, 4.69) is 61.9 Å². The Hall–Kier alpha value is -2.15. The van der Waals surface area contributed by atoms with Crippen LogP contribution in [0.3, 0.4) is 0 Å². The zero-order chi connectivity index (χ0) is 19.3. The lowest BCUT2D eigenvalue weighted by Gasteiger charge is -2.22. The highest BCUT2D eigenvalue weighted by molar-refractivity contribution is 5.94. The molecular formula is C27H32N+. The van der Waals surface area contributed by atoms with Crippen LogP contribution in [0.2, 0.25) is 0 Å². The summed E-state index contributed by atoms with van der Waals surface area (Å²) in [6.07, 6.45) is 10.7. The second-order valence-electron chi connectivity index (χ2n) is 9.16. The van der Waals surface area contributed by atoms with Crippen LogP contribution in [0, 0.1) is 13.8 Å². The van der Waals surface area contributed by atoms with Crippen molar-refractivity contribution in [2.45, 2.75) is 71.1 Å². The van der Waals surface area contributed by atoms with Crippen LogP contribution in [0.15, 0.2) is 36.4 Å². The quantitative estimate of drug-likeness (QED) is 0.454. The summed E-state index contributed by atoms with van der Waals surface area (Å²) >= 11 is 0. The van der Waals surface area contributed by atoms with Crippen molar-refractivity contribution in [2.24, 2.45) is 7.05 Å². The first kappa shape index (κ1) is 17.9. The van der Waals surface area contributed by atoms with Crippen molar-refractivity contribution < 1.29 is 4.57 Å². The number of aromatic nitrogens is 1. The van der Waals surface area contributed by atoms with Gasteiger partial charge in [-0.3, -0.25) is 0 Å². The van der Waals surface area contributed by atoms with E-state index in [1.807, 2.05) is 0 Å². The molecule has 2 aliphatic carbocycles. The number of fused-ring (bicyclic) bond motifs is 2. The van der Waals surface area contributed by atoms with Gasteiger partial charge in [-0.25, -0.2) is 0 Å². The summed E-state index contributed by atoms with van der Waals surface area (Å²) in [5, 5.41) is 2.81. The van der Waals surface area contributed by atoms with E-state index in [1.54, 1.807) is 16.7 Å². The molecular weight excluding hydrogens is 338 g/mol. The predicted molar refractivity (Wildman–Crippen MR) is 118 cm³/mol. The first-order valence-corrected chi connectivity index (χ1v) is 11.2. The minimum Gasteiger partial charge on any atom is -0.198 e. The molecule has 5 rings (SSSR count). The molecule has 0 atom stereocenters. The number of pyridine rings is 1. The summed E-state index contributed by atoms with van der Waals surface area (Å²) in [6.45, 7) is 4.54. The molecule has 2 aromatic carbocycles. The number of hydrogen-bond donors (Lipinski definition) is 0. The Kier molecular flexibility index (Phi) is 4.50. The lowest BCUT2D eigenvalue weighted by molar-refractivity contribution is -0.665. The van der Waals surface area contributed by atoms with Gasteiger partial charge < -0.3 is 0 Å². The van der Waals surface area contributed by atoms with Crippen molar-refractivity contribution >= 4 is 10.8 Å². The SMILES string of the molecule is Cc1cc2c(cc1-c1c3ccc(C4CCCCC4)cc3cc(C)[n+]1C)CCC2. The van der Waals surface area contributed by atoms with E-state index in [0.29, 0.717) is 0 Å². The van der Waals surface area contributed by atoms with E-state index in [-0.39, 0.29) is 0 Å². The van der Waals surface area contributed by atoms with Gasteiger partial charge >= 0.3 is 0 Å². The maximum atomic E-state index is 2.49. The molecule has 1 aromatic heterocycles. The highest BCUT2D eigenvalue weighted by atomic mass is 14.9. The molecule has 144 valence electrons. The average Bonchev–Trinajstić information content (AvgIpc) is 3.16. The minimum atomic E-state index is 0.762. The zero-order valence-corrected chi connectivity index (χ0v) is 17.6. The van der Waals surface area contributed by atoms with Crippen molar-refractivity contribution in [3.8, 4) is 11.3 Å². The Labute approximate surface area is 169 Å². The van der Waals surface area contributed by atoms with Gasteiger partial charge in [0.2, 0.25) is 5.69 Å². The van der Waals surface area contributed by atoms with Gasteiger partial charge in [0.05, 0.1) is 10.9 Å². The fraction of sp³-hybridized carbons (Fsp3) is 0.444. The lowest BCUT2D eigenvalue weighted by atomic mass is 9.83. The molecule has 0 saturated heterocycles. The highest BCUT2D eigenvalue weighted by Gasteiger charge is 2.23. The molecule has 28 heavy (non-hydrogen) atoms. The van der Waals surface area contributed by atoms with E-state index in [0.717, 1.165) is 5.92 Å². The molecule has 0 spiro atoms. The van der Waals surface area contributed by atoms with Crippen molar-refractivity contribution in [2.75, 3.05) is 0 Å². The molecule has 0 N–H and O–H groups in total. The molecule has 1 heterocycles. The third-order valence-electron chi connectivity index (χ3n) is 7.33. The minimum absolute atomic E-state index is 0.762. The summed E-state index contributed by atoms with van der Waals surface area (Å²) in [5.41, 5.74) is 10.2. The van der Waals surface area contributed by atoms with Crippen LogP contribution in [0.5, 0.6) is 0 Å². The predicted octanol–water partition coefficient (Wildman–Crippen LogP) is 6.48. The van der Waals surface area contributed by atoms with E-state index >= 15 is 0 Å². The molecule has 1 nitrogen and oxygen atoms in total. The van der Waals surface area contributed by atoms with Gasteiger partial charge in [0, 0.05) is 13.0 Å². The molecule has 0 amide bonds. The molecule has 0 radical (unpaired) electrons. The van der Waals surface area contributed by atoms with Gasteiger partial charge in [-0.05, 0) is 84.7 Å². The number of rotatable bonds is 2. The normalized spacial score (nSPS) is 17.2. The summed E-state index contributed by atoms with van der Waals surface area (Å²) < 4.78 is 2.40. The Bertz CT molecular complexity index is 1050. The van der Waals surface area contributed by atoms with Crippen LogP contribution in [0.1, 0.15) is 72.4 Å². The molecule has 0 aliphatic heterocycles. The second kappa shape index (κ2) is 7.03. The Balaban J connectivity index is 1.69. The summed E-state index contributed by atoms with van der Waals surface area (Å²) in [7, 11) is 2.23. The highest BCUT2D eigenvalue weighted by Crippen LogP contribution is 2.37. The third-order valence-corrected chi connectivity index (χ3v) is 7.33. The van der Waals surface area contributed by atoms with Gasteiger partial charge in [0.15, 0.2) is 5.69 Å². The lowest BCUT2D eigenvalue weighted by Crippen LogP contribution is -2.35. The van der Waals surface area contributed by atoms with Crippen molar-refractivity contribution in [1.82, 2.24) is 0 Å². The fourth-order valence-electron chi connectivity index (χ4n) is 5.61. The van der Waals surface area contributed by atoms with Gasteiger partial charge in [-0.15, -0.1) is 0 Å². The molecule has 0 unspecified atom stereocenters. The zero-order valence-electron chi connectivity index (χ0n) is 17.6.